The van der Waals surface area contributed by atoms with Crippen LogP contribution in [-0.4, -0.2) is 28.5 Å². The van der Waals surface area contributed by atoms with Gasteiger partial charge in [-0.2, -0.15) is 0 Å². The van der Waals surface area contributed by atoms with Gasteiger partial charge in [-0.15, -0.1) is 11.3 Å². The van der Waals surface area contributed by atoms with Gasteiger partial charge in [0, 0.05) is 26.1 Å². The van der Waals surface area contributed by atoms with Gasteiger partial charge in [-0.25, -0.2) is 9.37 Å². The van der Waals surface area contributed by atoms with E-state index in [0.29, 0.717) is 29.3 Å². The van der Waals surface area contributed by atoms with Gasteiger partial charge in [-0.3, -0.25) is 14.2 Å². The first-order valence-electron chi connectivity index (χ1n) is 9.72. The Labute approximate surface area is 173 Å². The first-order valence-corrected chi connectivity index (χ1v) is 10.6. The van der Waals surface area contributed by atoms with E-state index in [4.69, 9.17) is 0 Å². The molecule has 0 fully saturated rings. The Morgan fingerprint density at radius 2 is 1.93 bits per heavy atom. The molecule has 29 heavy (non-hydrogen) atoms. The van der Waals surface area contributed by atoms with E-state index < -0.39 is 0 Å². The highest BCUT2D eigenvalue weighted by atomic mass is 32.1. The monoisotopic (exact) mass is 416 g/mol. The summed E-state index contributed by atoms with van der Waals surface area (Å²) < 4.78 is 15.3. The lowest BCUT2D eigenvalue weighted by Gasteiger charge is -2.23. The molecule has 2 heterocycles. The molecule has 8 heteroatoms. The minimum Gasteiger partial charge on any atom is -0.350 e. The Morgan fingerprint density at radius 3 is 2.59 bits per heavy atom. The second-order valence-electron chi connectivity index (χ2n) is 6.77. The van der Waals surface area contributed by atoms with Crippen molar-refractivity contribution >= 4 is 33.4 Å². The zero-order valence-corrected chi connectivity index (χ0v) is 17.6. The molecule has 0 saturated heterocycles. The predicted octanol–water partition coefficient (Wildman–Crippen LogP) is 3.71. The van der Waals surface area contributed by atoms with Gasteiger partial charge in [-0.05, 0) is 49.9 Å². The fourth-order valence-electron chi connectivity index (χ4n) is 3.24. The first-order chi connectivity index (χ1) is 13.9. The summed E-state index contributed by atoms with van der Waals surface area (Å²) in [4.78, 5) is 32.1. The third kappa shape index (κ3) is 4.64. The smallest absolute Gasteiger partial charge is 0.272 e. The second-order valence-corrected chi connectivity index (χ2v) is 7.68. The molecule has 0 radical (unpaired) electrons. The van der Waals surface area contributed by atoms with Crippen molar-refractivity contribution in [2.24, 2.45) is 0 Å². The van der Waals surface area contributed by atoms with E-state index >= 15 is 0 Å². The molecule has 0 aliphatic carbocycles. The summed E-state index contributed by atoms with van der Waals surface area (Å²) in [7, 11) is 0. The number of aromatic nitrogens is 2. The standard InChI is InChI=1S/C21H25FN4O2S/c1-4-25(5-2)21-24-17-11-13-29-19(17)20(28)26(21)12-10-18(27)23-14(3)15-6-8-16(22)9-7-15/h6-9,11,13-14H,4-5,10,12H2,1-3H3,(H,23,27)/t14-/m0/s1. The van der Waals surface area contributed by atoms with Crippen molar-refractivity contribution in [3.63, 3.8) is 0 Å². The fraction of sp³-hybridized carbons (Fsp3) is 0.381. The summed E-state index contributed by atoms with van der Waals surface area (Å²) in [5, 5.41) is 4.76. The average Bonchev–Trinajstić information content (AvgIpc) is 3.18. The molecule has 0 saturated carbocycles. The van der Waals surface area contributed by atoms with E-state index in [1.807, 2.05) is 37.1 Å². The molecular formula is C21H25FN4O2S. The number of carbonyl (C=O) groups excluding carboxylic acids is 1. The Balaban J connectivity index is 1.77. The number of fused-ring (bicyclic) bond motifs is 1. The summed E-state index contributed by atoms with van der Waals surface area (Å²) in [6, 6.07) is 7.64. The maximum Gasteiger partial charge on any atom is 0.272 e. The first kappa shape index (κ1) is 21.0. The number of anilines is 1. The highest BCUT2D eigenvalue weighted by Gasteiger charge is 2.17. The lowest BCUT2D eigenvalue weighted by molar-refractivity contribution is -0.121. The Morgan fingerprint density at radius 1 is 1.24 bits per heavy atom. The van der Waals surface area contributed by atoms with Crippen molar-refractivity contribution in [1.82, 2.24) is 14.9 Å². The number of amides is 1. The summed E-state index contributed by atoms with van der Waals surface area (Å²) in [6.07, 6.45) is 0.151. The van der Waals surface area contributed by atoms with Crippen LogP contribution in [0.5, 0.6) is 0 Å². The van der Waals surface area contributed by atoms with Gasteiger partial charge in [-0.1, -0.05) is 12.1 Å². The van der Waals surface area contributed by atoms with Gasteiger partial charge < -0.3 is 10.2 Å². The summed E-state index contributed by atoms with van der Waals surface area (Å²) in [5.41, 5.74) is 1.39. The van der Waals surface area contributed by atoms with Crippen molar-refractivity contribution in [1.29, 1.82) is 0 Å². The molecule has 3 aromatic rings. The van der Waals surface area contributed by atoms with Crippen LogP contribution in [0.1, 0.15) is 38.8 Å². The highest BCUT2D eigenvalue weighted by molar-refractivity contribution is 7.17. The molecule has 0 unspecified atom stereocenters. The molecule has 1 amide bonds. The van der Waals surface area contributed by atoms with Gasteiger partial charge in [0.1, 0.15) is 10.5 Å². The number of nitrogens with zero attached hydrogens (tertiary/aromatic N) is 3. The molecular weight excluding hydrogens is 391 g/mol. The minimum absolute atomic E-state index is 0.119. The second kappa shape index (κ2) is 9.17. The van der Waals surface area contributed by atoms with E-state index in [1.54, 1.807) is 16.7 Å². The van der Waals surface area contributed by atoms with Crippen LogP contribution < -0.4 is 15.8 Å². The van der Waals surface area contributed by atoms with Gasteiger partial charge in [0.15, 0.2) is 0 Å². The molecule has 1 N–H and O–H groups in total. The number of benzene rings is 1. The van der Waals surface area contributed by atoms with Crippen LogP contribution in [0.15, 0.2) is 40.5 Å². The number of thiophene rings is 1. The summed E-state index contributed by atoms with van der Waals surface area (Å²) >= 11 is 1.36. The van der Waals surface area contributed by atoms with Gasteiger partial charge in [0.25, 0.3) is 5.56 Å². The number of nitrogens with one attached hydrogen (secondary N) is 1. The topological polar surface area (TPSA) is 67.2 Å². The van der Waals surface area contributed by atoms with E-state index in [2.05, 4.69) is 10.3 Å². The molecule has 1 aromatic carbocycles. The quantitative estimate of drug-likeness (QED) is 0.608. The number of rotatable bonds is 8. The van der Waals surface area contributed by atoms with Crippen LogP contribution in [0.4, 0.5) is 10.3 Å². The van der Waals surface area contributed by atoms with E-state index in [0.717, 1.165) is 5.56 Å². The number of halogens is 1. The molecule has 154 valence electrons. The lowest BCUT2D eigenvalue weighted by atomic mass is 10.1. The van der Waals surface area contributed by atoms with Gasteiger partial charge >= 0.3 is 0 Å². The minimum atomic E-state index is -0.313. The van der Waals surface area contributed by atoms with E-state index in [1.165, 1.54) is 23.5 Å². The van der Waals surface area contributed by atoms with Gasteiger partial charge in [0.2, 0.25) is 11.9 Å². The van der Waals surface area contributed by atoms with Crippen LogP contribution in [0.3, 0.4) is 0 Å². The van der Waals surface area contributed by atoms with Crippen molar-refractivity contribution in [3.05, 3.63) is 57.4 Å². The van der Waals surface area contributed by atoms with Crippen molar-refractivity contribution in [3.8, 4) is 0 Å². The number of hydrogen-bond acceptors (Lipinski definition) is 5. The molecule has 3 rings (SSSR count). The molecule has 1 atom stereocenters. The third-order valence-electron chi connectivity index (χ3n) is 4.90. The largest absolute Gasteiger partial charge is 0.350 e. The molecule has 2 aromatic heterocycles. The van der Waals surface area contributed by atoms with Crippen LogP contribution in [0, 0.1) is 5.82 Å². The number of hydrogen-bond donors (Lipinski definition) is 1. The predicted molar refractivity (Wildman–Crippen MR) is 115 cm³/mol. The van der Waals surface area contributed by atoms with Crippen LogP contribution in [0.25, 0.3) is 10.2 Å². The Hall–Kier alpha value is -2.74. The number of carbonyl (C=O) groups is 1. The SMILES string of the molecule is CCN(CC)c1nc2ccsc2c(=O)n1CCC(=O)N[C@@H](C)c1ccc(F)cc1. The molecule has 0 bridgehead atoms. The van der Waals surface area contributed by atoms with Gasteiger partial charge in [0.05, 0.1) is 11.6 Å². The van der Waals surface area contributed by atoms with Crippen molar-refractivity contribution in [2.75, 3.05) is 18.0 Å². The Bertz CT molecular complexity index is 1040. The third-order valence-corrected chi connectivity index (χ3v) is 5.79. The van der Waals surface area contributed by atoms with E-state index in [-0.39, 0.29) is 36.3 Å². The highest BCUT2D eigenvalue weighted by Crippen LogP contribution is 2.20. The molecule has 0 aliphatic rings. The van der Waals surface area contributed by atoms with Crippen LogP contribution >= 0.6 is 11.3 Å². The molecule has 6 nitrogen and oxygen atoms in total. The maximum absolute atomic E-state index is 13.1. The molecule has 0 spiro atoms. The summed E-state index contributed by atoms with van der Waals surface area (Å²) in [5.74, 6) is 0.0998. The van der Waals surface area contributed by atoms with Crippen molar-refractivity contribution < 1.29 is 9.18 Å². The zero-order valence-electron chi connectivity index (χ0n) is 16.8. The zero-order chi connectivity index (χ0) is 21.0. The summed E-state index contributed by atoms with van der Waals surface area (Å²) in [6.45, 7) is 7.54. The average molecular weight is 417 g/mol. The van der Waals surface area contributed by atoms with E-state index in [9.17, 15) is 14.0 Å². The Kier molecular flexibility index (Phi) is 6.64. The van der Waals surface area contributed by atoms with Crippen molar-refractivity contribution in [2.45, 2.75) is 39.8 Å². The van der Waals surface area contributed by atoms with Crippen LogP contribution in [0.2, 0.25) is 0 Å². The fourth-order valence-corrected chi connectivity index (χ4v) is 4.02. The maximum atomic E-state index is 13.1. The van der Waals surface area contributed by atoms with Crippen LogP contribution in [-0.2, 0) is 11.3 Å². The molecule has 0 aliphatic heterocycles. The lowest BCUT2D eigenvalue weighted by Crippen LogP contribution is -2.34. The normalized spacial score (nSPS) is 12.1.